The number of benzene rings is 1. The van der Waals surface area contributed by atoms with Crippen molar-refractivity contribution in [3.63, 3.8) is 0 Å². The van der Waals surface area contributed by atoms with Crippen LogP contribution < -0.4 is 10.1 Å². The first-order valence-corrected chi connectivity index (χ1v) is 13.5. The molecule has 2 fully saturated rings. The molecule has 5 aromatic rings. The van der Waals surface area contributed by atoms with E-state index < -0.39 is 5.82 Å². The number of rotatable bonds is 6. The number of amides is 1. The van der Waals surface area contributed by atoms with Crippen LogP contribution in [-0.2, 0) is 4.79 Å². The fourth-order valence-electron chi connectivity index (χ4n) is 6.24. The molecule has 1 saturated heterocycles. The molecule has 1 aromatic carbocycles. The smallest absolute Gasteiger partial charge is 0.245 e. The summed E-state index contributed by atoms with van der Waals surface area (Å²) in [6.07, 6.45) is 8.13. The third-order valence-electron chi connectivity index (χ3n) is 8.23. The lowest BCUT2D eigenvalue weighted by Gasteiger charge is -2.37. The molecule has 0 unspecified atom stereocenters. The highest BCUT2D eigenvalue weighted by Gasteiger charge is 2.44. The molecule has 1 aliphatic carbocycles. The highest BCUT2D eigenvalue weighted by atomic mass is 19.1. The number of nitrogens with zero attached hydrogens (tertiary/aromatic N) is 7. The lowest BCUT2D eigenvalue weighted by molar-refractivity contribution is -0.128. The van der Waals surface area contributed by atoms with E-state index in [1.165, 1.54) is 18.7 Å². The first-order valence-electron chi connectivity index (χ1n) is 13.5. The fraction of sp³-hybridized carbons (Fsp3) is 0.267. The van der Waals surface area contributed by atoms with Gasteiger partial charge in [-0.3, -0.25) is 4.79 Å². The molecule has 0 radical (unpaired) electrons. The van der Waals surface area contributed by atoms with Crippen molar-refractivity contribution in [2.45, 2.75) is 25.7 Å². The molecule has 3 atom stereocenters. The number of halogens is 1. The van der Waals surface area contributed by atoms with E-state index in [4.69, 9.17) is 9.72 Å². The Labute approximate surface area is 234 Å². The quantitative estimate of drug-likeness (QED) is 0.288. The minimum atomic E-state index is -0.453. The summed E-state index contributed by atoms with van der Waals surface area (Å²) in [5.41, 5.74) is 3.43. The third-order valence-corrected chi connectivity index (χ3v) is 8.23. The van der Waals surface area contributed by atoms with E-state index in [0.717, 1.165) is 18.5 Å². The molecule has 2 aliphatic rings. The normalized spacial score (nSPS) is 20.0. The molecule has 1 N–H and O–H groups in total. The van der Waals surface area contributed by atoms with Crippen LogP contribution in [0.4, 0.5) is 15.9 Å². The van der Waals surface area contributed by atoms with Gasteiger partial charge in [0.15, 0.2) is 17.3 Å². The van der Waals surface area contributed by atoms with Crippen LogP contribution in [0.3, 0.4) is 0 Å². The Balaban J connectivity index is 1.16. The average Bonchev–Trinajstić information content (AvgIpc) is 3.57. The summed E-state index contributed by atoms with van der Waals surface area (Å²) in [4.78, 5) is 32.1. The second-order valence-electron chi connectivity index (χ2n) is 10.6. The van der Waals surface area contributed by atoms with E-state index in [2.05, 4.69) is 31.9 Å². The number of carbonyl (C=O) groups excluding carboxylic acids is 1. The highest BCUT2D eigenvalue weighted by Crippen LogP contribution is 2.48. The van der Waals surface area contributed by atoms with Gasteiger partial charge in [0.1, 0.15) is 29.7 Å². The van der Waals surface area contributed by atoms with Crippen LogP contribution in [0.25, 0.3) is 16.7 Å². The minimum absolute atomic E-state index is 0.0168. The molecule has 5 heterocycles. The number of anilines is 2. The second-order valence-corrected chi connectivity index (χ2v) is 10.6. The van der Waals surface area contributed by atoms with Crippen LogP contribution in [0.5, 0.6) is 11.5 Å². The third kappa shape index (κ3) is 4.43. The molecule has 2 bridgehead atoms. The molecular weight excluding hydrogens is 523 g/mol. The Morgan fingerprint density at radius 2 is 1.93 bits per heavy atom. The number of hydrogen-bond acceptors (Lipinski definition) is 8. The Hall–Kier alpha value is -4.93. The Morgan fingerprint density at radius 3 is 2.73 bits per heavy atom. The number of likely N-dealkylation sites (tertiary alicyclic amines) is 1. The second kappa shape index (κ2) is 9.92. The zero-order valence-corrected chi connectivity index (χ0v) is 22.4. The maximum atomic E-state index is 15.6. The van der Waals surface area contributed by atoms with Crippen molar-refractivity contribution in [2.75, 3.05) is 18.4 Å². The Kier molecular flexibility index (Phi) is 6.06. The van der Waals surface area contributed by atoms with Crippen LogP contribution in [0, 0.1) is 24.6 Å². The van der Waals surface area contributed by atoms with Crippen LogP contribution in [0.15, 0.2) is 67.9 Å². The summed E-state index contributed by atoms with van der Waals surface area (Å²) in [5, 5.41) is 7.21. The van der Waals surface area contributed by atoms with Gasteiger partial charge in [-0.2, -0.15) is 5.10 Å². The minimum Gasteiger partial charge on any atom is -0.457 e. The van der Waals surface area contributed by atoms with Gasteiger partial charge in [0.25, 0.3) is 0 Å². The summed E-state index contributed by atoms with van der Waals surface area (Å²) in [7, 11) is 0. The first-order chi connectivity index (χ1) is 20.0. The number of ether oxygens (including phenoxy) is 1. The van der Waals surface area contributed by atoms with Crippen molar-refractivity contribution in [3.8, 4) is 11.5 Å². The molecule has 206 valence electrons. The van der Waals surface area contributed by atoms with Crippen molar-refractivity contribution in [1.82, 2.24) is 34.4 Å². The van der Waals surface area contributed by atoms with E-state index in [0.29, 0.717) is 64.5 Å². The molecule has 7 rings (SSSR count). The SMILES string of the molecule is C=CC(=O)N1C[C@H]2CC[C@@H](C1)[C@@H]2c1ccc2ncnc(Nc3ccc(Oc4ccn5ncnc5c4)c(C)c3F)c2n1. The lowest BCUT2D eigenvalue weighted by atomic mass is 9.82. The lowest BCUT2D eigenvalue weighted by Crippen LogP contribution is -2.43. The van der Waals surface area contributed by atoms with Gasteiger partial charge >= 0.3 is 0 Å². The van der Waals surface area contributed by atoms with Crippen LogP contribution in [0.2, 0.25) is 0 Å². The van der Waals surface area contributed by atoms with Gasteiger partial charge in [0, 0.05) is 42.5 Å². The molecular formula is C30H27FN8O2. The fourth-order valence-corrected chi connectivity index (χ4v) is 6.24. The maximum Gasteiger partial charge on any atom is 0.245 e. The van der Waals surface area contributed by atoms with Gasteiger partial charge in [0.2, 0.25) is 5.91 Å². The molecule has 0 spiro atoms. The van der Waals surface area contributed by atoms with Gasteiger partial charge in [-0.15, -0.1) is 0 Å². The van der Waals surface area contributed by atoms with Gasteiger partial charge in [-0.25, -0.2) is 28.8 Å². The maximum absolute atomic E-state index is 15.6. The van der Waals surface area contributed by atoms with Crippen molar-refractivity contribution in [1.29, 1.82) is 0 Å². The van der Waals surface area contributed by atoms with E-state index in [9.17, 15) is 4.79 Å². The predicted octanol–water partition coefficient (Wildman–Crippen LogP) is 5.19. The van der Waals surface area contributed by atoms with Gasteiger partial charge < -0.3 is 15.0 Å². The van der Waals surface area contributed by atoms with Crippen LogP contribution in [-0.4, -0.2) is 53.4 Å². The zero-order valence-electron chi connectivity index (χ0n) is 22.4. The van der Waals surface area contributed by atoms with Crippen molar-refractivity contribution < 1.29 is 13.9 Å². The predicted molar refractivity (Wildman–Crippen MR) is 151 cm³/mol. The van der Waals surface area contributed by atoms with Crippen molar-refractivity contribution in [2.24, 2.45) is 11.8 Å². The molecule has 1 aliphatic heterocycles. The summed E-state index contributed by atoms with van der Waals surface area (Å²) >= 11 is 0. The molecule has 1 amide bonds. The zero-order chi connectivity index (χ0) is 28.1. The number of fused-ring (bicyclic) bond motifs is 4. The van der Waals surface area contributed by atoms with Crippen LogP contribution >= 0.6 is 0 Å². The van der Waals surface area contributed by atoms with Gasteiger partial charge in [-0.1, -0.05) is 6.58 Å². The summed E-state index contributed by atoms with van der Waals surface area (Å²) in [6, 6.07) is 10.8. The number of nitrogens with one attached hydrogen (secondary N) is 1. The molecule has 4 aromatic heterocycles. The van der Waals surface area contributed by atoms with E-state index in [-0.39, 0.29) is 17.5 Å². The molecule has 11 heteroatoms. The molecule has 1 saturated carbocycles. The summed E-state index contributed by atoms with van der Waals surface area (Å²) in [6.45, 7) is 6.71. The number of aromatic nitrogens is 6. The van der Waals surface area contributed by atoms with E-state index in [1.807, 2.05) is 17.0 Å². The number of piperidine rings is 1. The number of carbonyl (C=O) groups is 1. The van der Waals surface area contributed by atoms with Crippen molar-refractivity contribution in [3.05, 3.63) is 85.0 Å². The van der Waals surface area contributed by atoms with Gasteiger partial charge in [-0.05, 0) is 68.0 Å². The highest BCUT2D eigenvalue weighted by molar-refractivity contribution is 5.88. The summed E-state index contributed by atoms with van der Waals surface area (Å²) < 4.78 is 23.2. The molecule has 10 nitrogen and oxygen atoms in total. The Bertz CT molecular complexity index is 1810. The number of hydrogen-bond donors (Lipinski definition) is 1. The summed E-state index contributed by atoms with van der Waals surface area (Å²) in [5.74, 6) is 1.79. The monoisotopic (exact) mass is 550 g/mol. The first kappa shape index (κ1) is 25.1. The van der Waals surface area contributed by atoms with Gasteiger partial charge in [0.05, 0.1) is 11.2 Å². The van der Waals surface area contributed by atoms with E-state index in [1.54, 1.807) is 41.9 Å². The largest absolute Gasteiger partial charge is 0.457 e. The molecule has 41 heavy (non-hydrogen) atoms. The van der Waals surface area contributed by atoms with Crippen LogP contribution in [0.1, 0.15) is 30.0 Å². The Morgan fingerprint density at radius 1 is 1.10 bits per heavy atom. The topological polar surface area (TPSA) is 110 Å². The standard InChI is InChI=1S/C30H27FN8O2/c1-3-26(40)38-13-18-4-5-19(14-38)27(18)21-6-7-23-29(36-21)30(34-15-32-23)37-22-8-9-24(17(2)28(22)31)41-20-10-11-39-25(12-20)33-16-35-39/h3,6-12,15-16,18-19,27H,1,4-5,13-14H2,2H3,(H,32,34,37)/t18-,19+,27-. The number of pyridine rings is 2. The van der Waals surface area contributed by atoms with E-state index >= 15 is 4.39 Å². The van der Waals surface area contributed by atoms with Crippen molar-refractivity contribution >= 4 is 34.1 Å². The average molecular weight is 551 g/mol.